The Labute approximate surface area is 367 Å². The number of aryl methyl sites for hydroxylation is 2. The number of carbonyl (C=O) groups is 4. The van der Waals surface area contributed by atoms with Gasteiger partial charge in [0.25, 0.3) is 17.7 Å². The lowest BCUT2D eigenvalue weighted by atomic mass is 9.89. The molecule has 4 aromatic rings. The Morgan fingerprint density at radius 2 is 1.81 bits per heavy atom. The van der Waals surface area contributed by atoms with Crippen LogP contribution in [0.5, 0.6) is 5.88 Å². The number of likely N-dealkylation sites (tertiary alicyclic amines) is 1. The molecule has 0 bridgehead atoms. The molecule has 64 heavy (non-hydrogen) atoms. The molecule has 0 aliphatic carbocycles. The van der Waals surface area contributed by atoms with Crippen molar-refractivity contribution in [2.45, 2.75) is 69.9 Å². The summed E-state index contributed by atoms with van der Waals surface area (Å²) in [4.78, 5) is 58.6. The second-order valence-corrected chi connectivity index (χ2v) is 17.0. The van der Waals surface area contributed by atoms with Gasteiger partial charge < -0.3 is 25.6 Å². The molecule has 7 N–H and O–H groups in total. The molecule has 0 saturated carbocycles. The molecule has 3 fully saturated rings. The number of nitrogens with one attached hydrogen (secondary N) is 3. The average molecular weight is 892 g/mol. The van der Waals surface area contributed by atoms with Crippen LogP contribution < -0.4 is 37.3 Å². The third-order valence-corrected chi connectivity index (χ3v) is 12.3. The molecular weight excluding hydrogens is 839 g/mol. The van der Waals surface area contributed by atoms with Gasteiger partial charge in [-0.1, -0.05) is 6.92 Å². The lowest BCUT2D eigenvalue weighted by Gasteiger charge is -2.51. The number of hydrogen-bond donors (Lipinski definition) is 5. The van der Waals surface area contributed by atoms with Crippen molar-refractivity contribution < 1.29 is 41.5 Å². The van der Waals surface area contributed by atoms with E-state index in [1.807, 2.05) is 0 Å². The fourth-order valence-electron chi connectivity index (χ4n) is 8.66. The maximum absolute atomic E-state index is 15.8. The number of pyridine rings is 1. The molecule has 0 radical (unpaired) electrons. The van der Waals surface area contributed by atoms with Crippen molar-refractivity contribution in [2.24, 2.45) is 18.8 Å². The first-order chi connectivity index (χ1) is 30.4. The summed E-state index contributed by atoms with van der Waals surface area (Å²) in [5.74, 6) is -2.44. The molecule has 16 nitrogen and oxygen atoms in total. The summed E-state index contributed by atoms with van der Waals surface area (Å²) < 4.78 is 69.7. The van der Waals surface area contributed by atoms with Crippen LogP contribution in [0.2, 0.25) is 0 Å². The number of hydrogen-bond acceptors (Lipinski definition) is 12. The van der Waals surface area contributed by atoms with E-state index in [9.17, 15) is 19.2 Å². The zero-order valence-corrected chi connectivity index (χ0v) is 36.1. The highest BCUT2D eigenvalue weighted by Crippen LogP contribution is 2.37. The van der Waals surface area contributed by atoms with Gasteiger partial charge in [0.2, 0.25) is 17.7 Å². The van der Waals surface area contributed by atoms with Gasteiger partial charge in [0.15, 0.2) is 0 Å². The number of hydrazine groups is 1. The van der Waals surface area contributed by atoms with Crippen LogP contribution in [0, 0.1) is 24.5 Å². The Kier molecular flexibility index (Phi) is 13.5. The van der Waals surface area contributed by atoms with Crippen LogP contribution >= 0.6 is 0 Å². The summed E-state index contributed by atoms with van der Waals surface area (Å²) in [7, 11) is 3.13. The number of rotatable bonds is 15. The quantitative estimate of drug-likeness (QED) is 0.0215. The topological polar surface area (TPSA) is 206 Å². The minimum absolute atomic E-state index is 0.000371. The van der Waals surface area contributed by atoms with Gasteiger partial charge in [0.05, 0.1) is 53.9 Å². The van der Waals surface area contributed by atoms with Gasteiger partial charge in [-0.05, 0) is 81.0 Å². The lowest BCUT2D eigenvalue weighted by Crippen LogP contribution is -2.66. The first-order valence-corrected chi connectivity index (χ1v) is 21.2. The summed E-state index contributed by atoms with van der Waals surface area (Å²) in [5, 5.41) is 9.74. The van der Waals surface area contributed by atoms with E-state index >= 15 is 17.6 Å². The van der Waals surface area contributed by atoms with E-state index in [-0.39, 0.29) is 62.1 Å². The van der Waals surface area contributed by atoms with Gasteiger partial charge >= 0.3 is 0 Å². The summed E-state index contributed by atoms with van der Waals surface area (Å²) in [6.45, 7) is 4.95. The SMILES string of the molecule is Cc1cc(C(=O)NN)cc(-c2cnn(C)c2OCCC[C@@H](C)CNc2cc(C(=O)N(C)[C@H]3CCN(C4CN(c5cc(F)c([C@H]6CCC(=O)NC6=O)c(F)c5)C4)CC3(F)F)ccc2N)n1. The smallest absolute Gasteiger partial charge is 0.280 e. The molecular formula is C44H53F4N11O5. The number of ether oxygens (including phenoxy) is 1. The highest BCUT2D eigenvalue weighted by molar-refractivity contribution is 6.01. The maximum Gasteiger partial charge on any atom is 0.280 e. The fraction of sp³-hybridized carbons (Fsp3) is 0.455. The number of carbonyl (C=O) groups excluding carboxylic acids is 4. The van der Waals surface area contributed by atoms with Crippen LogP contribution in [0.15, 0.2) is 48.7 Å². The molecule has 2 aromatic carbocycles. The van der Waals surface area contributed by atoms with E-state index in [1.54, 1.807) is 58.9 Å². The van der Waals surface area contributed by atoms with Crippen LogP contribution in [0.25, 0.3) is 11.3 Å². The van der Waals surface area contributed by atoms with Crippen LogP contribution in [0.4, 0.5) is 34.6 Å². The number of nitrogen functional groups attached to an aromatic ring is 2. The van der Waals surface area contributed by atoms with Crippen LogP contribution in [-0.2, 0) is 16.6 Å². The zero-order chi connectivity index (χ0) is 46.0. The van der Waals surface area contributed by atoms with Crippen molar-refractivity contribution >= 4 is 40.7 Å². The van der Waals surface area contributed by atoms with Crippen LogP contribution in [0.1, 0.15) is 76.9 Å². The van der Waals surface area contributed by atoms with Crippen LogP contribution in [-0.4, -0.2) is 113 Å². The second-order valence-electron chi connectivity index (χ2n) is 17.0. The van der Waals surface area contributed by atoms with Crippen molar-refractivity contribution in [2.75, 3.05) is 62.3 Å². The van der Waals surface area contributed by atoms with Gasteiger partial charge in [0, 0.05) is 80.8 Å². The summed E-state index contributed by atoms with van der Waals surface area (Å²) in [6.07, 6.45) is 3.08. The molecule has 7 rings (SSSR count). The van der Waals surface area contributed by atoms with E-state index in [1.165, 1.54) is 13.1 Å². The first-order valence-electron chi connectivity index (χ1n) is 21.2. The molecule has 0 unspecified atom stereocenters. The van der Waals surface area contributed by atoms with Crippen molar-refractivity contribution in [1.82, 2.24) is 35.3 Å². The number of nitrogens with two attached hydrogens (primary N) is 2. The second kappa shape index (κ2) is 18.8. The molecule has 20 heteroatoms. The Morgan fingerprint density at radius 3 is 2.50 bits per heavy atom. The lowest BCUT2D eigenvalue weighted by molar-refractivity contribution is -0.134. The Balaban J connectivity index is 0.880. The van der Waals surface area contributed by atoms with Gasteiger partial charge in [-0.2, -0.15) is 5.10 Å². The highest BCUT2D eigenvalue weighted by atomic mass is 19.3. The molecule has 5 heterocycles. The fourth-order valence-corrected chi connectivity index (χ4v) is 8.66. The van der Waals surface area contributed by atoms with Gasteiger partial charge in [-0.3, -0.25) is 39.8 Å². The highest BCUT2D eigenvalue weighted by Gasteiger charge is 2.50. The van der Waals surface area contributed by atoms with Gasteiger partial charge in [-0.25, -0.2) is 28.1 Å². The molecule has 0 spiro atoms. The molecule has 342 valence electrons. The Bertz CT molecular complexity index is 2400. The minimum atomic E-state index is -3.25. The largest absolute Gasteiger partial charge is 0.477 e. The number of alkyl halides is 2. The minimum Gasteiger partial charge on any atom is -0.477 e. The Hall–Kier alpha value is -6.28. The van der Waals surface area contributed by atoms with Crippen molar-refractivity contribution in [3.8, 4) is 17.1 Å². The number of aromatic nitrogens is 3. The summed E-state index contributed by atoms with van der Waals surface area (Å²) in [6, 6.07) is 8.53. The number of amides is 4. The van der Waals surface area contributed by atoms with Crippen LogP contribution in [0.3, 0.4) is 0 Å². The third-order valence-electron chi connectivity index (χ3n) is 12.3. The normalized spacial score (nSPS) is 19.4. The first kappa shape index (κ1) is 45.7. The number of benzene rings is 2. The standard InChI is InChI=1S/C44H53F4N11O5/c1-24(6-5-13-64-43-31(20-52-57(43)4)35-16-27(40(61)55-50)14-25(2)53-35)19-51-36-15-26(7-9-34(36)49)42(63)56(3)37-11-12-58(23-44(37,47)48)29-21-59(22-29)28-17-32(45)39(33(46)18-28)30-8-10-38(60)54-41(30)62/h7,9,14-18,20,24,29-30,37,51H,5-6,8,10-13,19,21-23,49-50H2,1-4H3,(H,55,61)(H,54,60,62)/t24-,30-,37+/m1/s1. The molecule has 4 amide bonds. The van der Waals surface area contributed by atoms with Gasteiger partial charge in [0.1, 0.15) is 11.6 Å². The predicted octanol–water partition coefficient (Wildman–Crippen LogP) is 4.35. The third kappa shape index (κ3) is 9.76. The Morgan fingerprint density at radius 1 is 1.08 bits per heavy atom. The van der Waals surface area contributed by atoms with Crippen molar-refractivity contribution in [1.29, 1.82) is 0 Å². The van der Waals surface area contributed by atoms with E-state index in [0.717, 1.165) is 23.5 Å². The number of anilines is 3. The van der Waals surface area contributed by atoms with Crippen molar-refractivity contribution in [3.05, 3.63) is 82.7 Å². The molecule has 3 saturated heterocycles. The van der Waals surface area contributed by atoms with Gasteiger partial charge in [-0.15, -0.1) is 0 Å². The zero-order valence-electron chi connectivity index (χ0n) is 36.1. The van der Waals surface area contributed by atoms with E-state index < -0.39 is 65.3 Å². The number of imide groups is 1. The number of nitrogens with zero attached hydrogens (tertiary/aromatic N) is 6. The maximum atomic E-state index is 15.8. The summed E-state index contributed by atoms with van der Waals surface area (Å²) in [5.41, 5.74) is 11.5. The molecule has 3 aliphatic heterocycles. The molecule has 3 atom stereocenters. The van der Waals surface area contributed by atoms with E-state index in [0.29, 0.717) is 59.3 Å². The van der Waals surface area contributed by atoms with Crippen molar-refractivity contribution in [3.63, 3.8) is 0 Å². The monoisotopic (exact) mass is 891 g/mol. The average Bonchev–Trinajstić information content (AvgIpc) is 3.60. The summed E-state index contributed by atoms with van der Waals surface area (Å²) >= 11 is 0. The predicted molar refractivity (Wildman–Crippen MR) is 231 cm³/mol. The number of piperidine rings is 2. The number of halogens is 4. The molecule has 3 aliphatic rings. The van der Waals surface area contributed by atoms with E-state index in [4.69, 9.17) is 16.3 Å². The molecule has 2 aromatic heterocycles. The van der Waals surface area contributed by atoms with E-state index in [2.05, 4.69) is 33.1 Å².